The Labute approximate surface area is 157 Å². The van der Waals surface area contributed by atoms with Gasteiger partial charge in [0.2, 0.25) is 5.91 Å². The molecule has 0 bridgehead atoms. The molecule has 0 saturated carbocycles. The lowest BCUT2D eigenvalue weighted by Crippen LogP contribution is -2.47. The molecule has 0 unspecified atom stereocenters. The molecule has 0 spiro atoms. The number of rotatable bonds is 5. The Morgan fingerprint density at radius 2 is 1.72 bits per heavy atom. The van der Waals surface area contributed by atoms with Crippen molar-refractivity contribution in [1.29, 1.82) is 0 Å². The molecule has 0 aliphatic carbocycles. The zero-order valence-electron chi connectivity index (χ0n) is 14.3. The van der Waals surface area contributed by atoms with E-state index >= 15 is 0 Å². The molecule has 0 saturated heterocycles. The van der Waals surface area contributed by atoms with Gasteiger partial charge in [0.1, 0.15) is 6.04 Å². The average Bonchev–Trinajstić information content (AvgIpc) is 2.54. The Hall–Kier alpha value is -2.04. The van der Waals surface area contributed by atoms with Crippen molar-refractivity contribution in [3.05, 3.63) is 63.6 Å². The van der Waals surface area contributed by atoms with E-state index in [0.717, 1.165) is 11.3 Å². The normalized spacial score (nSPS) is 11.9. The molecule has 0 aliphatic rings. The fourth-order valence-electron chi connectivity index (χ4n) is 2.35. The largest absolute Gasteiger partial charge is 0.340 e. The van der Waals surface area contributed by atoms with Gasteiger partial charge in [0.15, 0.2) is 0 Å². The molecule has 2 N–H and O–H groups in total. The minimum atomic E-state index is -0.696. The highest BCUT2D eigenvalue weighted by molar-refractivity contribution is 6.36. The van der Waals surface area contributed by atoms with Gasteiger partial charge in [-0.3, -0.25) is 9.59 Å². The van der Waals surface area contributed by atoms with Crippen molar-refractivity contribution < 1.29 is 9.59 Å². The first-order chi connectivity index (χ1) is 11.8. The van der Waals surface area contributed by atoms with Crippen LogP contribution in [0.15, 0.2) is 42.5 Å². The monoisotopic (exact) mass is 378 g/mol. The van der Waals surface area contributed by atoms with E-state index < -0.39 is 11.9 Å². The van der Waals surface area contributed by atoms with Crippen molar-refractivity contribution in [3.63, 3.8) is 0 Å². The third-order valence-corrected chi connectivity index (χ3v) is 4.36. The fraction of sp³-hybridized carbons (Fsp3) is 0.263. The SMILES string of the molecule is Cc1ccccc1NC(=O)[C@@H](NC(=O)c1ccc(Cl)cc1Cl)C(C)C. The van der Waals surface area contributed by atoms with Gasteiger partial charge in [-0.2, -0.15) is 0 Å². The summed E-state index contributed by atoms with van der Waals surface area (Å²) >= 11 is 11.9. The molecular weight excluding hydrogens is 359 g/mol. The van der Waals surface area contributed by atoms with E-state index in [1.165, 1.54) is 12.1 Å². The maximum atomic E-state index is 12.6. The predicted octanol–water partition coefficient (Wildman–Crippen LogP) is 4.69. The number of amides is 2. The Bertz CT molecular complexity index is 791. The zero-order chi connectivity index (χ0) is 18.6. The van der Waals surface area contributed by atoms with Crippen LogP contribution in [0.25, 0.3) is 0 Å². The highest BCUT2D eigenvalue weighted by atomic mass is 35.5. The fourth-order valence-corrected chi connectivity index (χ4v) is 2.85. The second kappa shape index (κ2) is 8.37. The lowest BCUT2D eigenvalue weighted by molar-refractivity contribution is -0.118. The maximum absolute atomic E-state index is 12.6. The van der Waals surface area contributed by atoms with Crippen LogP contribution in [0.5, 0.6) is 0 Å². The molecule has 0 aromatic heterocycles. The van der Waals surface area contributed by atoms with Crippen LogP contribution in [0.1, 0.15) is 29.8 Å². The summed E-state index contributed by atoms with van der Waals surface area (Å²) in [7, 11) is 0. The number of carbonyl (C=O) groups excluding carboxylic acids is 2. The molecule has 0 heterocycles. The van der Waals surface area contributed by atoms with E-state index in [1.807, 2.05) is 45.0 Å². The average molecular weight is 379 g/mol. The summed E-state index contributed by atoms with van der Waals surface area (Å²) in [5, 5.41) is 6.30. The summed E-state index contributed by atoms with van der Waals surface area (Å²) in [5.41, 5.74) is 1.95. The molecule has 25 heavy (non-hydrogen) atoms. The molecule has 1 atom stereocenters. The first-order valence-electron chi connectivity index (χ1n) is 7.92. The van der Waals surface area contributed by atoms with Crippen LogP contribution in [0, 0.1) is 12.8 Å². The van der Waals surface area contributed by atoms with Crippen LogP contribution in [-0.2, 0) is 4.79 Å². The lowest BCUT2D eigenvalue weighted by atomic mass is 10.0. The Morgan fingerprint density at radius 1 is 1.04 bits per heavy atom. The van der Waals surface area contributed by atoms with E-state index in [1.54, 1.807) is 6.07 Å². The number of aryl methyl sites for hydroxylation is 1. The Kier molecular flexibility index (Phi) is 6.45. The molecule has 0 aliphatic heterocycles. The Morgan fingerprint density at radius 3 is 2.32 bits per heavy atom. The number of anilines is 1. The molecule has 2 aromatic carbocycles. The first-order valence-corrected chi connectivity index (χ1v) is 8.67. The van der Waals surface area contributed by atoms with Gasteiger partial charge in [-0.15, -0.1) is 0 Å². The predicted molar refractivity (Wildman–Crippen MR) is 102 cm³/mol. The zero-order valence-corrected chi connectivity index (χ0v) is 15.8. The minimum Gasteiger partial charge on any atom is -0.340 e. The van der Waals surface area contributed by atoms with Crippen LogP contribution >= 0.6 is 23.2 Å². The summed E-state index contributed by atoms with van der Waals surface area (Å²) in [5.74, 6) is -0.790. The summed E-state index contributed by atoms with van der Waals surface area (Å²) in [6, 6.07) is 11.4. The van der Waals surface area contributed by atoms with Gasteiger partial charge < -0.3 is 10.6 Å². The van der Waals surface area contributed by atoms with Crippen molar-refractivity contribution >= 4 is 40.7 Å². The topological polar surface area (TPSA) is 58.2 Å². The standard InChI is InChI=1S/C19H20Cl2N2O2/c1-11(2)17(19(25)22-16-7-5-4-6-12(16)3)23-18(24)14-9-8-13(20)10-15(14)21/h4-11,17H,1-3H3,(H,22,25)(H,23,24)/t17-/m0/s1. The van der Waals surface area contributed by atoms with E-state index in [4.69, 9.17) is 23.2 Å². The van der Waals surface area contributed by atoms with Crippen LogP contribution < -0.4 is 10.6 Å². The van der Waals surface area contributed by atoms with Crippen LogP contribution in [-0.4, -0.2) is 17.9 Å². The van der Waals surface area contributed by atoms with Gasteiger partial charge >= 0.3 is 0 Å². The molecule has 6 heteroatoms. The summed E-state index contributed by atoms with van der Waals surface area (Å²) in [6.45, 7) is 5.64. The van der Waals surface area contributed by atoms with Crippen molar-refractivity contribution in [2.45, 2.75) is 26.8 Å². The van der Waals surface area contributed by atoms with E-state index in [2.05, 4.69) is 10.6 Å². The molecule has 0 radical (unpaired) electrons. The number of hydrogen-bond acceptors (Lipinski definition) is 2. The second-order valence-corrected chi connectivity index (χ2v) is 6.97. The smallest absolute Gasteiger partial charge is 0.253 e. The number of para-hydroxylation sites is 1. The van der Waals surface area contributed by atoms with Crippen LogP contribution in [0.4, 0.5) is 5.69 Å². The lowest BCUT2D eigenvalue weighted by Gasteiger charge is -2.22. The van der Waals surface area contributed by atoms with Gasteiger partial charge in [0.25, 0.3) is 5.91 Å². The first kappa shape index (κ1) is 19.3. The van der Waals surface area contributed by atoms with Gasteiger partial charge in [0, 0.05) is 10.7 Å². The van der Waals surface area contributed by atoms with Crippen molar-refractivity contribution in [2.24, 2.45) is 5.92 Å². The number of hydrogen-bond donors (Lipinski definition) is 2. The molecule has 2 aromatic rings. The van der Waals surface area contributed by atoms with E-state index in [-0.39, 0.29) is 22.4 Å². The molecule has 132 valence electrons. The highest BCUT2D eigenvalue weighted by Gasteiger charge is 2.25. The summed E-state index contributed by atoms with van der Waals surface area (Å²) < 4.78 is 0. The third-order valence-electron chi connectivity index (χ3n) is 3.81. The minimum absolute atomic E-state index is 0.0981. The molecular formula is C19H20Cl2N2O2. The number of nitrogens with one attached hydrogen (secondary N) is 2. The van der Waals surface area contributed by atoms with Gasteiger partial charge in [0.05, 0.1) is 10.6 Å². The third kappa shape index (κ3) is 4.97. The molecule has 0 fully saturated rings. The second-order valence-electron chi connectivity index (χ2n) is 6.12. The van der Waals surface area contributed by atoms with Gasteiger partial charge in [-0.05, 0) is 42.7 Å². The number of halogens is 2. The van der Waals surface area contributed by atoms with Crippen LogP contribution in [0.3, 0.4) is 0 Å². The van der Waals surface area contributed by atoms with Gasteiger partial charge in [-0.25, -0.2) is 0 Å². The Balaban J connectivity index is 2.16. The maximum Gasteiger partial charge on any atom is 0.253 e. The van der Waals surface area contributed by atoms with Crippen molar-refractivity contribution in [2.75, 3.05) is 5.32 Å². The molecule has 2 rings (SSSR count). The van der Waals surface area contributed by atoms with Crippen molar-refractivity contribution in [3.8, 4) is 0 Å². The summed E-state index contributed by atoms with van der Waals surface area (Å²) in [6.07, 6.45) is 0. The molecule has 2 amide bonds. The quantitative estimate of drug-likeness (QED) is 0.792. The summed E-state index contributed by atoms with van der Waals surface area (Å²) in [4.78, 5) is 25.1. The van der Waals surface area contributed by atoms with E-state index in [9.17, 15) is 9.59 Å². The van der Waals surface area contributed by atoms with Crippen LogP contribution in [0.2, 0.25) is 10.0 Å². The van der Waals surface area contributed by atoms with Gasteiger partial charge in [-0.1, -0.05) is 55.2 Å². The molecule has 4 nitrogen and oxygen atoms in total. The van der Waals surface area contributed by atoms with Crippen molar-refractivity contribution in [1.82, 2.24) is 5.32 Å². The number of carbonyl (C=O) groups is 2. The number of benzene rings is 2. The highest BCUT2D eigenvalue weighted by Crippen LogP contribution is 2.21. The van der Waals surface area contributed by atoms with E-state index in [0.29, 0.717) is 5.02 Å².